The third-order valence-electron chi connectivity index (χ3n) is 5.47. The van der Waals surface area contributed by atoms with Gasteiger partial charge in [-0.1, -0.05) is 24.3 Å². The number of ether oxygens (including phenoxy) is 1. The SMILES string of the molecule is CN(C)Cc1ccc(-c2cc3c(cn2)ncc2nnc(C4CCOCC4)n23)cc1. The van der Waals surface area contributed by atoms with E-state index >= 15 is 0 Å². The van der Waals surface area contributed by atoms with Gasteiger partial charge in [0.1, 0.15) is 11.3 Å². The smallest absolute Gasteiger partial charge is 0.179 e. The lowest BCUT2D eigenvalue weighted by atomic mass is 9.99. The van der Waals surface area contributed by atoms with E-state index in [1.807, 2.05) is 6.20 Å². The molecule has 1 saturated heterocycles. The quantitative estimate of drug-likeness (QED) is 0.534. The maximum absolute atomic E-state index is 5.53. The minimum absolute atomic E-state index is 0.353. The van der Waals surface area contributed by atoms with Crippen LogP contribution in [0.2, 0.25) is 0 Å². The van der Waals surface area contributed by atoms with Gasteiger partial charge in [0.25, 0.3) is 0 Å². The van der Waals surface area contributed by atoms with Crippen molar-refractivity contribution in [3.63, 3.8) is 0 Å². The van der Waals surface area contributed by atoms with Crippen molar-refractivity contribution in [3.8, 4) is 11.3 Å². The molecule has 0 N–H and O–H groups in total. The lowest BCUT2D eigenvalue weighted by Gasteiger charge is -2.20. The first-order valence-corrected chi connectivity index (χ1v) is 10.0. The predicted molar refractivity (Wildman–Crippen MR) is 112 cm³/mol. The molecule has 1 fully saturated rings. The molecule has 4 aromatic rings. The predicted octanol–water partition coefficient (Wildman–Crippen LogP) is 3.30. The Morgan fingerprint density at radius 3 is 2.59 bits per heavy atom. The highest BCUT2D eigenvalue weighted by molar-refractivity contribution is 5.81. The minimum Gasteiger partial charge on any atom is -0.381 e. The number of aromatic nitrogens is 5. The maximum Gasteiger partial charge on any atom is 0.179 e. The van der Waals surface area contributed by atoms with Crippen LogP contribution in [0.1, 0.15) is 30.1 Å². The van der Waals surface area contributed by atoms with E-state index in [0.717, 1.165) is 66.4 Å². The van der Waals surface area contributed by atoms with E-state index in [9.17, 15) is 0 Å². The molecule has 0 unspecified atom stereocenters. The molecule has 0 saturated carbocycles. The summed E-state index contributed by atoms with van der Waals surface area (Å²) in [6.45, 7) is 2.47. The van der Waals surface area contributed by atoms with Crippen molar-refractivity contribution in [3.05, 3.63) is 54.1 Å². The Hall–Kier alpha value is -2.90. The summed E-state index contributed by atoms with van der Waals surface area (Å²) in [4.78, 5) is 11.3. The molecule has 0 atom stereocenters. The largest absolute Gasteiger partial charge is 0.381 e. The summed E-state index contributed by atoms with van der Waals surface area (Å²) in [6, 6.07) is 10.7. The van der Waals surface area contributed by atoms with Crippen LogP contribution in [0.4, 0.5) is 0 Å². The number of fused-ring (bicyclic) bond motifs is 3. The zero-order valence-corrected chi connectivity index (χ0v) is 16.7. The van der Waals surface area contributed by atoms with Crippen LogP contribution in [0, 0.1) is 0 Å². The molecule has 0 spiro atoms. The van der Waals surface area contributed by atoms with Crippen molar-refractivity contribution in [1.29, 1.82) is 0 Å². The maximum atomic E-state index is 5.53. The molecule has 1 aliphatic rings. The molecule has 7 nitrogen and oxygen atoms in total. The molecule has 1 aliphatic heterocycles. The number of hydrogen-bond acceptors (Lipinski definition) is 6. The first-order valence-electron chi connectivity index (χ1n) is 10.0. The third kappa shape index (κ3) is 3.47. The van der Waals surface area contributed by atoms with Gasteiger partial charge in [-0.25, -0.2) is 4.98 Å². The Bertz CT molecular complexity index is 1150. The van der Waals surface area contributed by atoms with Gasteiger partial charge in [-0.15, -0.1) is 10.2 Å². The summed E-state index contributed by atoms with van der Waals surface area (Å²) in [5.74, 6) is 1.35. The fraction of sp³-hybridized carbons (Fsp3) is 0.364. The summed E-state index contributed by atoms with van der Waals surface area (Å²) < 4.78 is 7.67. The number of benzene rings is 1. The van der Waals surface area contributed by atoms with E-state index in [-0.39, 0.29) is 0 Å². The average Bonchev–Trinajstić information content (AvgIpc) is 3.19. The van der Waals surface area contributed by atoms with E-state index < -0.39 is 0 Å². The highest BCUT2D eigenvalue weighted by Crippen LogP contribution is 2.29. The van der Waals surface area contributed by atoms with Crippen molar-refractivity contribution < 1.29 is 4.74 Å². The van der Waals surface area contributed by atoms with Crippen molar-refractivity contribution in [2.24, 2.45) is 0 Å². The molecule has 0 bridgehead atoms. The zero-order valence-electron chi connectivity index (χ0n) is 16.7. The Morgan fingerprint density at radius 1 is 1.03 bits per heavy atom. The topological polar surface area (TPSA) is 68.4 Å². The summed E-state index contributed by atoms with van der Waals surface area (Å²) in [7, 11) is 4.15. The standard InChI is InChI=1S/C22H24N6O/c1-27(2)14-15-3-5-16(6-4-15)18-11-20-19(12-23-18)24-13-21-25-26-22(28(20)21)17-7-9-29-10-8-17/h3-6,11-13,17H,7-10,14H2,1-2H3. The van der Waals surface area contributed by atoms with Gasteiger partial charge in [0.2, 0.25) is 0 Å². The molecule has 5 rings (SSSR count). The Balaban J connectivity index is 1.59. The molecular formula is C22H24N6O. The molecule has 0 amide bonds. The van der Waals surface area contributed by atoms with E-state index in [0.29, 0.717) is 5.92 Å². The molecule has 148 valence electrons. The van der Waals surface area contributed by atoms with Crippen molar-refractivity contribution in [2.75, 3.05) is 27.3 Å². The van der Waals surface area contributed by atoms with E-state index in [2.05, 4.69) is 73.9 Å². The van der Waals surface area contributed by atoms with Gasteiger partial charge in [0, 0.05) is 31.2 Å². The van der Waals surface area contributed by atoms with E-state index in [1.165, 1.54) is 5.56 Å². The van der Waals surface area contributed by atoms with Gasteiger partial charge in [-0.3, -0.25) is 9.38 Å². The molecule has 29 heavy (non-hydrogen) atoms. The molecular weight excluding hydrogens is 364 g/mol. The first-order chi connectivity index (χ1) is 14.2. The van der Waals surface area contributed by atoms with Gasteiger partial charge in [-0.05, 0) is 38.6 Å². The van der Waals surface area contributed by atoms with E-state index in [4.69, 9.17) is 4.74 Å². The number of rotatable bonds is 4. The minimum atomic E-state index is 0.353. The number of hydrogen-bond donors (Lipinski definition) is 0. The van der Waals surface area contributed by atoms with Gasteiger partial charge in [0.15, 0.2) is 5.65 Å². The van der Waals surface area contributed by atoms with Crippen LogP contribution < -0.4 is 0 Å². The number of nitrogens with zero attached hydrogens (tertiary/aromatic N) is 6. The molecule has 4 heterocycles. The second kappa shape index (κ2) is 7.50. The summed E-state index contributed by atoms with van der Waals surface area (Å²) in [6.07, 6.45) is 5.55. The second-order valence-electron chi connectivity index (χ2n) is 7.89. The second-order valence-corrected chi connectivity index (χ2v) is 7.89. The molecule has 0 aliphatic carbocycles. The van der Waals surface area contributed by atoms with Gasteiger partial charge in [0.05, 0.1) is 23.6 Å². The van der Waals surface area contributed by atoms with E-state index in [1.54, 1.807) is 6.20 Å². The first kappa shape index (κ1) is 18.1. The van der Waals surface area contributed by atoms with Crippen LogP contribution in [0.3, 0.4) is 0 Å². The fourth-order valence-corrected chi connectivity index (χ4v) is 4.01. The van der Waals surface area contributed by atoms with Crippen LogP contribution in [0.25, 0.3) is 27.9 Å². The summed E-state index contributed by atoms with van der Waals surface area (Å²) >= 11 is 0. The van der Waals surface area contributed by atoms with Crippen LogP contribution in [-0.4, -0.2) is 56.8 Å². The lowest BCUT2D eigenvalue weighted by Crippen LogP contribution is -2.16. The van der Waals surface area contributed by atoms with Gasteiger partial charge in [-0.2, -0.15) is 0 Å². The van der Waals surface area contributed by atoms with Crippen LogP contribution in [-0.2, 0) is 11.3 Å². The normalized spacial score (nSPS) is 15.6. The van der Waals surface area contributed by atoms with Crippen molar-refractivity contribution >= 4 is 16.7 Å². The van der Waals surface area contributed by atoms with Gasteiger partial charge >= 0.3 is 0 Å². The zero-order chi connectivity index (χ0) is 19.8. The monoisotopic (exact) mass is 388 g/mol. The molecule has 0 radical (unpaired) electrons. The van der Waals surface area contributed by atoms with Gasteiger partial charge < -0.3 is 9.64 Å². The Labute approximate surface area is 169 Å². The third-order valence-corrected chi connectivity index (χ3v) is 5.47. The highest BCUT2D eigenvalue weighted by Gasteiger charge is 2.22. The Kier molecular flexibility index (Phi) is 4.69. The average molecular weight is 388 g/mol. The van der Waals surface area contributed by atoms with Crippen LogP contribution >= 0.6 is 0 Å². The highest BCUT2D eigenvalue weighted by atomic mass is 16.5. The fourth-order valence-electron chi connectivity index (χ4n) is 4.01. The summed E-state index contributed by atoms with van der Waals surface area (Å²) in [5, 5.41) is 8.87. The van der Waals surface area contributed by atoms with Crippen LogP contribution in [0.5, 0.6) is 0 Å². The molecule has 3 aromatic heterocycles. The summed E-state index contributed by atoms with van der Waals surface area (Å²) in [5.41, 5.74) is 5.92. The molecule has 7 heteroatoms. The van der Waals surface area contributed by atoms with Crippen LogP contribution in [0.15, 0.2) is 42.7 Å². The van der Waals surface area contributed by atoms with Crippen molar-refractivity contribution in [1.82, 2.24) is 29.5 Å². The lowest BCUT2D eigenvalue weighted by molar-refractivity contribution is 0.0834. The molecule has 1 aromatic carbocycles. The Morgan fingerprint density at radius 2 is 1.83 bits per heavy atom. The number of pyridine rings is 1. The van der Waals surface area contributed by atoms with Crippen molar-refractivity contribution in [2.45, 2.75) is 25.3 Å².